The summed E-state index contributed by atoms with van der Waals surface area (Å²) in [5.41, 5.74) is 0. The molecule has 0 spiro atoms. The van der Waals surface area contributed by atoms with Crippen LogP contribution in [0.25, 0.3) is 10.8 Å². The predicted molar refractivity (Wildman–Crippen MR) is 92.7 cm³/mol. The fourth-order valence-electron chi connectivity index (χ4n) is 3.42. The van der Waals surface area contributed by atoms with Crippen LogP contribution in [0.2, 0.25) is 0 Å². The average molecular weight is 306 g/mol. The van der Waals surface area contributed by atoms with E-state index in [2.05, 4.69) is 70.1 Å². The lowest BCUT2D eigenvalue weighted by atomic mass is 10.1. The van der Waals surface area contributed by atoms with E-state index in [1.54, 1.807) is 0 Å². The van der Waals surface area contributed by atoms with Gasteiger partial charge in [-0.2, -0.15) is 0 Å². The molecule has 2 aliphatic heterocycles. The van der Waals surface area contributed by atoms with Crippen LogP contribution in [0.15, 0.2) is 59.7 Å². The van der Waals surface area contributed by atoms with E-state index in [1.807, 2.05) is 6.20 Å². The standard InChI is InChI=1S/C19H20N3O/c1-2-8-17-15(5-1)6-3-9-18(17)23-13-16-7-4-12-22(16)19-10-11-20-14-21-19/h1-3,5-6,8-11,16,19H,4,7,12-13H2,(H,20,21)/t16-,19?/m1/s1. The Morgan fingerprint density at radius 2 is 2.13 bits per heavy atom. The van der Waals surface area contributed by atoms with Gasteiger partial charge in [-0.1, -0.05) is 36.4 Å². The summed E-state index contributed by atoms with van der Waals surface area (Å²) in [6, 6.07) is 15.0. The van der Waals surface area contributed by atoms with Gasteiger partial charge in [0.05, 0.1) is 0 Å². The summed E-state index contributed by atoms with van der Waals surface area (Å²) in [5, 5.41) is 5.58. The van der Waals surface area contributed by atoms with Gasteiger partial charge in [-0.25, -0.2) is 4.99 Å². The molecule has 4 rings (SSSR count). The molecule has 1 N–H and O–H groups in total. The number of hydrogen-bond donors (Lipinski definition) is 1. The molecule has 4 heteroatoms. The summed E-state index contributed by atoms with van der Waals surface area (Å²) in [5.74, 6) is 0.968. The number of aliphatic imine (C=N–C) groups is 1. The van der Waals surface area contributed by atoms with E-state index in [0.29, 0.717) is 12.6 Å². The van der Waals surface area contributed by atoms with Crippen LogP contribution in [0.4, 0.5) is 0 Å². The van der Waals surface area contributed by atoms with E-state index < -0.39 is 0 Å². The fourth-order valence-corrected chi connectivity index (χ4v) is 3.42. The van der Waals surface area contributed by atoms with Crippen LogP contribution in [0.5, 0.6) is 5.75 Å². The molecular formula is C19H20N3O. The highest BCUT2D eigenvalue weighted by Gasteiger charge is 2.30. The molecule has 2 atom stereocenters. The Morgan fingerprint density at radius 1 is 1.22 bits per heavy atom. The Bertz CT molecular complexity index is 735. The Morgan fingerprint density at radius 3 is 3.04 bits per heavy atom. The lowest BCUT2D eigenvalue weighted by molar-refractivity contribution is 0.143. The van der Waals surface area contributed by atoms with Gasteiger partial charge in [-0.15, -0.1) is 0 Å². The molecule has 0 aliphatic carbocycles. The summed E-state index contributed by atoms with van der Waals surface area (Å²) in [4.78, 5) is 6.39. The fraction of sp³-hybridized carbons (Fsp3) is 0.316. The second-order valence-electron chi connectivity index (χ2n) is 5.99. The SMILES string of the molecule is [C]1=NC=CC(N2CCC[C@@H]2COc2cccc3ccccc23)N1. The predicted octanol–water partition coefficient (Wildman–Crippen LogP) is 3.03. The number of ether oxygens (including phenoxy) is 1. The maximum atomic E-state index is 6.19. The minimum Gasteiger partial charge on any atom is -0.491 e. The third-order valence-electron chi connectivity index (χ3n) is 4.58. The minimum absolute atomic E-state index is 0.177. The van der Waals surface area contributed by atoms with E-state index >= 15 is 0 Å². The van der Waals surface area contributed by atoms with Gasteiger partial charge in [0.25, 0.3) is 0 Å². The first-order valence-corrected chi connectivity index (χ1v) is 8.15. The van der Waals surface area contributed by atoms with Crippen molar-refractivity contribution in [1.29, 1.82) is 0 Å². The molecule has 2 aromatic rings. The van der Waals surface area contributed by atoms with Crippen LogP contribution in [0, 0.1) is 0 Å². The Kier molecular flexibility index (Phi) is 3.99. The topological polar surface area (TPSA) is 36.9 Å². The van der Waals surface area contributed by atoms with Crippen molar-refractivity contribution >= 4 is 17.1 Å². The highest BCUT2D eigenvalue weighted by Crippen LogP contribution is 2.27. The van der Waals surface area contributed by atoms with Crippen molar-refractivity contribution in [2.75, 3.05) is 13.2 Å². The zero-order chi connectivity index (χ0) is 15.5. The third kappa shape index (κ3) is 2.94. The highest BCUT2D eigenvalue weighted by atomic mass is 16.5. The van der Waals surface area contributed by atoms with Gasteiger partial charge < -0.3 is 10.1 Å². The summed E-state index contributed by atoms with van der Waals surface area (Å²) in [6.45, 7) is 1.78. The van der Waals surface area contributed by atoms with Crippen molar-refractivity contribution in [2.24, 2.45) is 4.99 Å². The summed E-state index contributed by atoms with van der Waals surface area (Å²) in [6.07, 6.45) is 9.26. The first kappa shape index (κ1) is 14.3. The summed E-state index contributed by atoms with van der Waals surface area (Å²) in [7, 11) is 0. The Labute approximate surface area is 136 Å². The van der Waals surface area contributed by atoms with Crippen LogP contribution < -0.4 is 10.1 Å². The number of rotatable bonds is 4. The van der Waals surface area contributed by atoms with Crippen molar-refractivity contribution in [2.45, 2.75) is 25.0 Å². The van der Waals surface area contributed by atoms with E-state index in [9.17, 15) is 0 Å². The van der Waals surface area contributed by atoms with E-state index in [-0.39, 0.29) is 6.17 Å². The van der Waals surface area contributed by atoms with Crippen LogP contribution in [0.3, 0.4) is 0 Å². The largest absolute Gasteiger partial charge is 0.491 e. The number of nitrogens with zero attached hydrogens (tertiary/aromatic N) is 2. The van der Waals surface area contributed by atoms with Crippen molar-refractivity contribution in [3.8, 4) is 5.75 Å². The molecule has 2 aliphatic rings. The molecule has 2 heterocycles. The van der Waals surface area contributed by atoms with Crippen molar-refractivity contribution in [1.82, 2.24) is 10.2 Å². The normalized spacial score (nSPS) is 24.0. The molecule has 23 heavy (non-hydrogen) atoms. The zero-order valence-electron chi connectivity index (χ0n) is 13.0. The summed E-state index contributed by atoms with van der Waals surface area (Å²) < 4.78 is 6.19. The number of nitrogens with one attached hydrogen (secondary N) is 1. The molecule has 0 aromatic heterocycles. The van der Waals surface area contributed by atoms with Crippen molar-refractivity contribution in [3.05, 3.63) is 54.7 Å². The number of likely N-dealkylation sites (tertiary alicyclic amines) is 1. The van der Waals surface area contributed by atoms with Gasteiger partial charge in [0.1, 0.15) is 18.5 Å². The van der Waals surface area contributed by atoms with E-state index in [0.717, 1.165) is 18.7 Å². The molecule has 1 fully saturated rings. The van der Waals surface area contributed by atoms with Crippen molar-refractivity contribution < 1.29 is 4.74 Å². The molecular weight excluding hydrogens is 286 g/mol. The molecule has 1 saturated heterocycles. The number of benzene rings is 2. The number of hydrogen-bond acceptors (Lipinski definition) is 4. The first-order chi connectivity index (χ1) is 11.4. The molecule has 117 valence electrons. The number of fused-ring (bicyclic) bond motifs is 1. The molecule has 1 unspecified atom stereocenters. The van der Waals surface area contributed by atoms with Gasteiger partial charge in [0.2, 0.25) is 0 Å². The Balaban J connectivity index is 1.47. The summed E-state index contributed by atoms with van der Waals surface area (Å²) >= 11 is 0. The maximum Gasteiger partial charge on any atom is 0.170 e. The monoisotopic (exact) mass is 306 g/mol. The maximum absolute atomic E-state index is 6.19. The molecule has 4 nitrogen and oxygen atoms in total. The first-order valence-electron chi connectivity index (χ1n) is 8.15. The second-order valence-corrected chi connectivity index (χ2v) is 5.99. The van der Waals surface area contributed by atoms with E-state index in [1.165, 1.54) is 17.2 Å². The molecule has 2 aromatic carbocycles. The van der Waals surface area contributed by atoms with Crippen molar-refractivity contribution in [3.63, 3.8) is 0 Å². The second kappa shape index (κ2) is 6.42. The quantitative estimate of drug-likeness (QED) is 0.943. The van der Waals surface area contributed by atoms with Gasteiger partial charge in [-0.05, 0) is 30.4 Å². The lowest BCUT2D eigenvalue weighted by Gasteiger charge is -2.31. The van der Waals surface area contributed by atoms with Crippen LogP contribution in [0.1, 0.15) is 12.8 Å². The van der Waals surface area contributed by atoms with Crippen LogP contribution in [-0.2, 0) is 0 Å². The molecule has 0 bridgehead atoms. The lowest BCUT2D eigenvalue weighted by Crippen LogP contribution is -2.48. The Hall–Kier alpha value is -2.33. The smallest absolute Gasteiger partial charge is 0.170 e. The minimum atomic E-state index is 0.177. The third-order valence-corrected chi connectivity index (χ3v) is 4.58. The van der Waals surface area contributed by atoms with Gasteiger partial charge in [-0.3, -0.25) is 4.90 Å². The molecule has 1 radical (unpaired) electrons. The van der Waals surface area contributed by atoms with Gasteiger partial charge in [0.15, 0.2) is 6.34 Å². The van der Waals surface area contributed by atoms with Gasteiger partial charge in [0, 0.05) is 24.2 Å². The molecule has 0 saturated carbocycles. The zero-order valence-corrected chi connectivity index (χ0v) is 13.0. The average Bonchev–Trinajstić information content (AvgIpc) is 3.09. The van der Waals surface area contributed by atoms with Crippen LogP contribution >= 0.6 is 0 Å². The van der Waals surface area contributed by atoms with Crippen LogP contribution in [-0.4, -0.2) is 36.6 Å². The molecule has 0 amide bonds. The highest BCUT2D eigenvalue weighted by molar-refractivity contribution is 5.88. The van der Waals surface area contributed by atoms with E-state index in [4.69, 9.17) is 4.74 Å². The van der Waals surface area contributed by atoms with Gasteiger partial charge >= 0.3 is 0 Å².